The Morgan fingerprint density at radius 1 is 1.21 bits per heavy atom. The maximum absolute atomic E-state index is 14.1. The van der Waals surface area contributed by atoms with Crippen LogP contribution in [0, 0.1) is 25.5 Å². The Morgan fingerprint density at radius 3 is 2.46 bits per heavy atom. The van der Waals surface area contributed by atoms with Gasteiger partial charge in [-0.3, -0.25) is 4.57 Å². The van der Waals surface area contributed by atoms with Crippen molar-refractivity contribution in [1.29, 1.82) is 0 Å². The van der Waals surface area contributed by atoms with Crippen molar-refractivity contribution < 1.29 is 23.6 Å². The van der Waals surface area contributed by atoms with Crippen molar-refractivity contribution in [3.8, 4) is 28.1 Å². The van der Waals surface area contributed by atoms with Crippen LogP contribution in [0.15, 0.2) is 21.8 Å². The van der Waals surface area contributed by atoms with Gasteiger partial charge in [0.25, 0.3) is 0 Å². The molecule has 2 aromatic heterocycles. The standard InChI is InChI=1S/C19H18F2N4O3/c1-8-15(9(2)28-24-8)17-16(10-6-12(20)18(26)13(21)7-10)11-4-3-5-14(11)25(17)19(22)23-27/h6-7,26-27H,3-5H2,1-2H3,(H2,22,23). The van der Waals surface area contributed by atoms with Crippen LogP contribution in [-0.2, 0) is 12.8 Å². The molecular weight excluding hydrogens is 370 g/mol. The number of hydrogen-bond acceptors (Lipinski definition) is 5. The molecule has 1 aliphatic rings. The molecule has 0 unspecified atom stereocenters. The molecule has 0 atom stereocenters. The Balaban J connectivity index is 2.15. The van der Waals surface area contributed by atoms with E-state index in [1.807, 2.05) is 0 Å². The molecule has 2 heterocycles. The van der Waals surface area contributed by atoms with Gasteiger partial charge in [-0.2, -0.15) is 0 Å². The number of nitrogens with two attached hydrogens (primary N) is 1. The molecule has 0 spiro atoms. The molecule has 0 aliphatic heterocycles. The van der Waals surface area contributed by atoms with Gasteiger partial charge in [0.15, 0.2) is 17.4 Å². The Morgan fingerprint density at radius 2 is 1.89 bits per heavy atom. The van der Waals surface area contributed by atoms with Crippen LogP contribution >= 0.6 is 0 Å². The molecule has 0 bridgehead atoms. The zero-order chi connectivity index (χ0) is 20.2. The summed E-state index contributed by atoms with van der Waals surface area (Å²) in [5, 5.41) is 25.9. The number of aromatic hydroxyl groups is 1. The highest BCUT2D eigenvalue weighted by molar-refractivity contribution is 5.96. The number of nitrogens with zero attached hydrogens (tertiary/aromatic N) is 3. The first-order valence-electron chi connectivity index (χ1n) is 8.71. The number of aromatic nitrogens is 2. The molecule has 4 N–H and O–H groups in total. The summed E-state index contributed by atoms with van der Waals surface area (Å²) in [5.41, 5.74) is 10.1. The summed E-state index contributed by atoms with van der Waals surface area (Å²) in [4.78, 5) is 0. The summed E-state index contributed by atoms with van der Waals surface area (Å²) in [6.07, 6.45) is 2.14. The number of oxime groups is 1. The highest BCUT2D eigenvalue weighted by Gasteiger charge is 2.32. The molecule has 28 heavy (non-hydrogen) atoms. The lowest BCUT2D eigenvalue weighted by Crippen LogP contribution is -2.25. The number of hydrogen-bond donors (Lipinski definition) is 3. The van der Waals surface area contributed by atoms with Crippen LogP contribution in [0.25, 0.3) is 22.4 Å². The summed E-state index contributed by atoms with van der Waals surface area (Å²) >= 11 is 0. The lowest BCUT2D eigenvalue weighted by atomic mass is 9.95. The van der Waals surface area contributed by atoms with Gasteiger partial charge in [-0.15, -0.1) is 0 Å². The number of fused-ring (bicyclic) bond motifs is 1. The van der Waals surface area contributed by atoms with Crippen molar-refractivity contribution in [2.45, 2.75) is 33.1 Å². The van der Waals surface area contributed by atoms with Crippen LogP contribution < -0.4 is 5.73 Å². The third-order valence-corrected chi connectivity index (χ3v) is 5.13. The second-order valence-electron chi connectivity index (χ2n) is 6.78. The van der Waals surface area contributed by atoms with Gasteiger partial charge in [-0.05, 0) is 56.4 Å². The van der Waals surface area contributed by atoms with E-state index >= 15 is 0 Å². The molecular formula is C19H18F2N4O3. The maximum Gasteiger partial charge on any atom is 0.242 e. The number of aryl methyl sites for hydroxylation is 2. The Bertz CT molecular complexity index is 1090. The minimum atomic E-state index is -1.07. The Labute approximate surface area is 158 Å². The second kappa shape index (κ2) is 6.36. The lowest BCUT2D eigenvalue weighted by molar-refractivity contribution is 0.316. The van der Waals surface area contributed by atoms with Gasteiger partial charge in [0, 0.05) is 11.3 Å². The molecule has 0 fully saturated rings. The fraction of sp³-hybridized carbons (Fsp3) is 0.263. The first-order valence-corrected chi connectivity index (χ1v) is 8.71. The van der Waals surface area contributed by atoms with E-state index in [0.717, 1.165) is 29.8 Å². The Kier molecular flexibility index (Phi) is 4.10. The first-order chi connectivity index (χ1) is 13.3. The predicted octanol–water partition coefficient (Wildman–Crippen LogP) is 3.45. The summed E-state index contributed by atoms with van der Waals surface area (Å²) < 4.78 is 35.1. The van der Waals surface area contributed by atoms with E-state index in [4.69, 9.17) is 10.3 Å². The quantitative estimate of drug-likeness (QED) is 0.270. The fourth-order valence-electron chi connectivity index (χ4n) is 4.01. The highest BCUT2D eigenvalue weighted by Crippen LogP contribution is 2.45. The van der Waals surface area contributed by atoms with Crippen molar-refractivity contribution in [3.63, 3.8) is 0 Å². The number of rotatable bonds is 2. The van der Waals surface area contributed by atoms with Crippen molar-refractivity contribution in [1.82, 2.24) is 9.72 Å². The number of phenolic OH excluding ortho intramolecular Hbond substituents is 1. The van der Waals surface area contributed by atoms with Crippen LogP contribution in [-0.4, -0.2) is 26.0 Å². The van der Waals surface area contributed by atoms with Crippen molar-refractivity contribution in [2.24, 2.45) is 10.9 Å². The zero-order valence-electron chi connectivity index (χ0n) is 15.3. The molecule has 1 aliphatic carbocycles. The van der Waals surface area contributed by atoms with Crippen LogP contribution in [0.3, 0.4) is 0 Å². The van der Waals surface area contributed by atoms with Gasteiger partial charge >= 0.3 is 0 Å². The third kappa shape index (κ3) is 2.46. The molecule has 0 amide bonds. The van der Waals surface area contributed by atoms with E-state index in [1.54, 1.807) is 18.4 Å². The molecule has 1 aromatic carbocycles. The van der Waals surface area contributed by atoms with Gasteiger partial charge in [0.05, 0.1) is 17.0 Å². The van der Waals surface area contributed by atoms with Crippen molar-refractivity contribution >= 4 is 5.96 Å². The highest BCUT2D eigenvalue weighted by atomic mass is 19.1. The molecule has 146 valence electrons. The van der Waals surface area contributed by atoms with Gasteiger partial charge < -0.3 is 20.6 Å². The normalized spacial score (nSPS) is 13.9. The summed E-state index contributed by atoms with van der Waals surface area (Å²) in [6.45, 7) is 3.45. The van der Waals surface area contributed by atoms with Gasteiger partial charge in [0.1, 0.15) is 5.76 Å². The average Bonchev–Trinajstić information content (AvgIpc) is 3.32. The third-order valence-electron chi connectivity index (χ3n) is 5.13. The molecule has 7 nitrogen and oxygen atoms in total. The number of halogens is 2. The van der Waals surface area contributed by atoms with Crippen LogP contribution in [0.5, 0.6) is 5.75 Å². The molecule has 4 rings (SSSR count). The molecule has 0 saturated carbocycles. The second-order valence-corrected chi connectivity index (χ2v) is 6.78. The average molecular weight is 388 g/mol. The van der Waals surface area contributed by atoms with Crippen LogP contribution in [0.2, 0.25) is 0 Å². The molecule has 0 radical (unpaired) electrons. The molecule has 3 aromatic rings. The topological polar surface area (TPSA) is 110 Å². The van der Waals surface area contributed by atoms with E-state index < -0.39 is 17.4 Å². The van der Waals surface area contributed by atoms with Gasteiger partial charge in [-0.1, -0.05) is 10.3 Å². The van der Waals surface area contributed by atoms with E-state index in [1.165, 1.54) is 0 Å². The fourth-order valence-corrected chi connectivity index (χ4v) is 4.01. The minimum absolute atomic E-state index is 0.167. The summed E-state index contributed by atoms with van der Waals surface area (Å²) in [5.74, 6) is -2.85. The van der Waals surface area contributed by atoms with Crippen LogP contribution in [0.4, 0.5) is 8.78 Å². The predicted molar refractivity (Wildman–Crippen MR) is 97.3 cm³/mol. The lowest BCUT2D eigenvalue weighted by Gasteiger charge is -2.13. The van der Waals surface area contributed by atoms with Crippen molar-refractivity contribution in [3.05, 3.63) is 46.5 Å². The molecule has 9 heteroatoms. The van der Waals surface area contributed by atoms with Crippen LogP contribution in [0.1, 0.15) is 29.1 Å². The van der Waals surface area contributed by atoms with E-state index in [-0.39, 0.29) is 11.5 Å². The monoisotopic (exact) mass is 388 g/mol. The largest absolute Gasteiger partial charge is 0.503 e. The van der Waals surface area contributed by atoms with E-state index in [9.17, 15) is 19.1 Å². The SMILES string of the molecule is Cc1noc(C)c1-c1c(-c2cc(F)c(O)c(F)c2)c2c(n1/C(N)=N/O)CCC2. The minimum Gasteiger partial charge on any atom is -0.503 e. The van der Waals surface area contributed by atoms with Gasteiger partial charge in [0.2, 0.25) is 5.96 Å². The van der Waals surface area contributed by atoms with E-state index in [0.29, 0.717) is 41.1 Å². The van der Waals surface area contributed by atoms with E-state index in [2.05, 4.69) is 10.3 Å². The van der Waals surface area contributed by atoms with Crippen molar-refractivity contribution in [2.75, 3.05) is 0 Å². The Hall–Kier alpha value is -3.36. The summed E-state index contributed by atoms with van der Waals surface area (Å²) in [7, 11) is 0. The smallest absolute Gasteiger partial charge is 0.242 e. The maximum atomic E-state index is 14.1. The van der Waals surface area contributed by atoms with Gasteiger partial charge in [-0.25, -0.2) is 8.78 Å². The number of benzene rings is 1. The summed E-state index contributed by atoms with van der Waals surface area (Å²) in [6, 6.07) is 2.15. The number of phenols is 1. The zero-order valence-corrected chi connectivity index (χ0v) is 15.3. The molecule has 0 saturated heterocycles. The first kappa shape index (κ1) is 18.0.